The number of thiocarbonyl (C=S) groups is 1. The number of amides is 1. The van der Waals surface area contributed by atoms with Crippen molar-refractivity contribution < 1.29 is 24.2 Å². The van der Waals surface area contributed by atoms with Gasteiger partial charge < -0.3 is 9.84 Å². The number of carbonyl (C=O) groups excluding carboxylic acids is 2. The Morgan fingerprint density at radius 3 is 2.50 bits per heavy atom. The summed E-state index contributed by atoms with van der Waals surface area (Å²) in [5.74, 6) is -1.41. The minimum absolute atomic E-state index is 0.200. The Kier molecular flexibility index (Phi) is 7.14. The van der Waals surface area contributed by atoms with Crippen molar-refractivity contribution in [2.75, 3.05) is 13.2 Å². The topological polar surface area (TPSA) is 83.9 Å². The molecule has 0 bridgehead atoms. The van der Waals surface area contributed by atoms with Crippen molar-refractivity contribution in [1.82, 2.24) is 4.90 Å². The average molecular weight is 482 g/mol. The first-order valence-electron chi connectivity index (χ1n) is 8.43. The van der Waals surface area contributed by atoms with Gasteiger partial charge in [0, 0.05) is 10.6 Å². The average Bonchev–Trinajstić information content (AvgIpc) is 2.94. The summed E-state index contributed by atoms with van der Waals surface area (Å²) in [5.41, 5.74) is 1.02. The van der Waals surface area contributed by atoms with Crippen LogP contribution in [0.4, 0.5) is 0 Å². The molecule has 0 aliphatic carbocycles. The number of ketones is 1. The van der Waals surface area contributed by atoms with Gasteiger partial charge in [0.2, 0.25) is 5.78 Å². The third-order valence-corrected chi connectivity index (χ3v) is 5.87. The second-order valence-electron chi connectivity index (χ2n) is 6.07. The van der Waals surface area contributed by atoms with Gasteiger partial charge in [0.05, 0.1) is 9.93 Å². The fourth-order valence-corrected chi connectivity index (χ4v) is 4.29. The summed E-state index contributed by atoms with van der Waals surface area (Å²) in [4.78, 5) is 36.8. The predicted molar refractivity (Wildman–Crippen MR) is 120 cm³/mol. The molecule has 0 aromatic heterocycles. The minimum Gasteiger partial charge on any atom is -0.485 e. The van der Waals surface area contributed by atoms with Crippen molar-refractivity contribution in [3.05, 3.63) is 68.5 Å². The molecular formula is C20H13Cl2NO5S2. The Hall–Kier alpha value is -2.39. The SMILES string of the molecule is O=C(O)CN1C(=O)/C(=C/c2ccc(OCC(=O)c3ccc(Cl)cc3Cl)cc2)SC1=S. The molecule has 0 radical (unpaired) electrons. The molecule has 3 rings (SSSR count). The summed E-state index contributed by atoms with van der Waals surface area (Å²) in [6.07, 6.45) is 1.61. The summed E-state index contributed by atoms with van der Waals surface area (Å²) in [6, 6.07) is 11.3. The zero-order valence-electron chi connectivity index (χ0n) is 15.1. The zero-order valence-corrected chi connectivity index (χ0v) is 18.3. The molecule has 10 heteroatoms. The maximum absolute atomic E-state index is 12.3. The Morgan fingerprint density at radius 1 is 1.17 bits per heavy atom. The van der Waals surface area contributed by atoms with Gasteiger partial charge in [-0.05, 0) is 42.0 Å². The van der Waals surface area contributed by atoms with Crippen LogP contribution in [0.5, 0.6) is 5.75 Å². The second-order valence-corrected chi connectivity index (χ2v) is 8.59. The van der Waals surface area contributed by atoms with Gasteiger partial charge in [0.25, 0.3) is 5.91 Å². The summed E-state index contributed by atoms with van der Waals surface area (Å²) in [6.45, 7) is -0.672. The van der Waals surface area contributed by atoms with Crippen molar-refractivity contribution in [1.29, 1.82) is 0 Å². The first kappa shape index (κ1) is 22.3. The highest BCUT2D eigenvalue weighted by atomic mass is 35.5. The van der Waals surface area contributed by atoms with Crippen LogP contribution in [0.25, 0.3) is 6.08 Å². The number of aliphatic carboxylic acids is 1. The summed E-state index contributed by atoms with van der Waals surface area (Å²) in [7, 11) is 0. The van der Waals surface area contributed by atoms with Crippen molar-refractivity contribution in [3.8, 4) is 5.75 Å². The smallest absolute Gasteiger partial charge is 0.323 e. The number of thioether (sulfide) groups is 1. The minimum atomic E-state index is -1.14. The van der Waals surface area contributed by atoms with Gasteiger partial charge in [0.15, 0.2) is 6.61 Å². The van der Waals surface area contributed by atoms with Gasteiger partial charge in [-0.2, -0.15) is 0 Å². The van der Waals surface area contributed by atoms with E-state index in [-0.39, 0.29) is 21.7 Å². The standard InChI is InChI=1S/C20H13Cl2NO5S2/c21-12-3-6-14(15(22)8-12)16(24)10-28-13-4-1-11(2-5-13)7-17-19(27)23(9-18(25)26)20(29)30-17/h1-8H,9-10H2,(H,25,26)/b17-7-. The molecule has 1 fully saturated rings. The van der Waals surface area contributed by atoms with Gasteiger partial charge in [-0.25, -0.2) is 0 Å². The largest absolute Gasteiger partial charge is 0.485 e. The first-order valence-corrected chi connectivity index (χ1v) is 10.4. The van der Waals surface area contributed by atoms with Gasteiger partial charge in [-0.1, -0.05) is 59.3 Å². The monoisotopic (exact) mass is 481 g/mol. The van der Waals surface area contributed by atoms with Crippen molar-refractivity contribution in [2.45, 2.75) is 0 Å². The third kappa shape index (κ3) is 5.40. The molecule has 1 aliphatic heterocycles. The van der Waals surface area contributed by atoms with Gasteiger partial charge in [0.1, 0.15) is 16.6 Å². The van der Waals surface area contributed by atoms with E-state index < -0.39 is 18.4 Å². The molecule has 154 valence electrons. The van der Waals surface area contributed by atoms with Gasteiger partial charge in [-0.15, -0.1) is 0 Å². The van der Waals surface area contributed by atoms with E-state index in [9.17, 15) is 14.4 Å². The van der Waals surface area contributed by atoms with Gasteiger partial charge in [-0.3, -0.25) is 19.3 Å². The first-order chi connectivity index (χ1) is 14.2. The van der Waals surface area contributed by atoms with Crippen LogP contribution >= 0.6 is 47.2 Å². The number of halogens is 2. The Morgan fingerprint density at radius 2 is 1.87 bits per heavy atom. The van der Waals surface area contributed by atoms with Crippen LogP contribution in [0.2, 0.25) is 10.0 Å². The van der Waals surface area contributed by atoms with Crippen LogP contribution in [0.15, 0.2) is 47.4 Å². The number of benzene rings is 2. The van der Waals surface area contributed by atoms with Crippen LogP contribution in [0.1, 0.15) is 15.9 Å². The maximum atomic E-state index is 12.3. The normalized spacial score (nSPS) is 15.0. The van der Waals surface area contributed by atoms with E-state index in [4.69, 9.17) is 45.3 Å². The van der Waals surface area contributed by atoms with Crippen LogP contribution < -0.4 is 4.74 Å². The lowest BCUT2D eigenvalue weighted by atomic mass is 10.1. The number of carbonyl (C=O) groups is 3. The summed E-state index contributed by atoms with van der Waals surface area (Å²) < 4.78 is 5.70. The highest BCUT2D eigenvalue weighted by Gasteiger charge is 2.33. The lowest BCUT2D eigenvalue weighted by Crippen LogP contribution is -2.33. The zero-order chi connectivity index (χ0) is 21.8. The number of hydrogen-bond acceptors (Lipinski definition) is 6. The molecule has 2 aromatic rings. The lowest BCUT2D eigenvalue weighted by molar-refractivity contribution is -0.140. The Balaban J connectivity index is 1.63. The molecule has 6 nitrogen and oxygen atoms in total. The Bertz CT molecular complexity index is 1070. The molecule has 1 saturated heterocycles. The molecule has 0 spiro atoms. The van der Waals surface area contributed by atoms with Gasteiger partial charge >= 0.3 is 5.97 Å². The van der Waals surface area contributed by atoms with Crippen molar-refractivity contribution in [3.63, 3.8) is 0 Å². The molecule has 1 amide bonds. The van der Waals surface area contributed by atoms with E-state index in [0.29, 0.717) is 26.8 Å². The van der Waals surface area contributed by atoms with Crippen molar-refractivity contribution >= 4 is 75.2 Å². The van der Waals surface area contributed by atoms with Crippen molar-refractivity contribution in [2.24, 2.45) is 0 Å². The molecule has 0 unspecified atom stereocenters. The molecule has 1 aliphatic rings. The Labute approximate surface area is 191 Å². The highest BCUT2D eigenvalue weighted by molar-refractivity contribution is 8.26. The number of hydrogen-bond donors (Lipinski definition) is 1. The number of ether oxygens (including phenoxy) is 1. The molecule has 1 N–H and O–H groups in total. The van der Waals surface area contributed by atoms with E-state index in [0.717, 1.165) is 16.7 Å². The van der Waals surface area contributed by atoms with Crippen LogP contribution in [0, 0.1) is 0 Å². The van der Waals surface area contributed by atoms with E-state index in [1.165, 1.54) is 6.07 Å². The number of carboxylic acids is 1. The second kappa shape index (κ2) is 9.61. The molecule has 2 aromatic carbocycles. The van der Waals surface area contributed by atoms with E-state index >= 15 is 0 Å². The van der Waals surface area contributed by atoms with E-state index in [1.807, 2.05) is 0 Å². The molecule has 1 heterocycles. The fraction of sp³-hybridized carbons (Fsp3) is 0.100. The predicted octanol–water partition coefficient (Wildman–Crippen LogP) is 4.54. The van der Waals surface area contributed by atoms with Crippen LogP contribution in [-0.4, -0.2) is 45.1 Å². The van der Waals surface area contributed by atoms with Crippen LogP contribution in [-0.2, 0) is 9.59 Å². The quantitative estimate of drug-likeness (QED) is 0.353. The molecule has 0 saturated carbocycles. The van der Waals surface area contributed by atoms with E-state index in [2.05, 4.69) is 0 Å². The molecule has 0 atom stereocenters. The molecular weight excluding hydrogens is 469 g/mol. The lowest BCUT2D eigenvalue weighted by Gasteiger charge is -2.10. The maximum Gasteiger partial charge on any atom is 0.323 e. The third-order valence-electron chi connectivity index (χ3n) is 3.95. The summed E-state index contributed by atoms with van der Waals surface area (Å²) in [5, 5.41) is 9.57. The number of nitrogens with zero attached hydrogens (tertiary/aromatic N) is 1. The number of carboxylic acid groups (broad SMARTS) is 1. The fourth-order valence-electron chi connectivity index (χ4n) is 2.53. The van der Waals surface area contributed by atoms with E-state index in [1.54, 1.807) is 42.5 Å². The van der Waals surface area contributed by atoms with Crippen LogP contribution in [0.3, 0.4) is 0 Å². The summed E-state index contributed by atoms with van der Waals surface area (Å²) >= 11 is 18.0. The molecule has 30 heavy (non-hydrogen) atoms. The highest BCUT2D eigenvalue weighted by Crippen LogP contribution is 2.32. The number of rotatable bonds is 7. The number of Topliss-reactive ketones (excluding diaryl/α,β-unsaturated/α-hetero) is 1.